The van der Waals surface area contributed by atoms with Gasteiger partial charge in [0, 0.05) is 32.2 Å². The van der Waals surface area contributed by atoms with Crippen LogP contribution in [0.25, 0.3) is 11.1 Å². The Morgan fingerprint density at radius 3 is 2.32 bits per heavy atom. The molecule has 0 radical (unpaired) electrons. The molecule has 3 aromatic carbocycles. The van der Waals surface area contributed by atoms with Crippen LogP contribution in [0, 0.1) is 0 Å². The Labute approximate surface area is 276 Å². The maximum absolute atomic E-state index is 13.6. The van der Waals surface area contributed by atoms with Gasteiger partial charge in [-0.1, -0.05) is 42.5 Å². The van der Waals surface area contributed by atoms with Crippen LogP contribution < -0.4 is 15.8 Å². The molecule has 0 aromatic heterocycles. The second kappa shape index (κ2) is 13.6. The normalized spacial score (nSPS) is 21.5. The first-order valence-corrected chi connectivity index (χ1v) is 18.9. The lowest BCUT2D eigenvalue weighted by Gasteiger charge is -2.38. The van der Waals surface area contributed by atoms with E-state index in [9.17, 15) is 27.0 Å². The molecule has 0 bridgehead atoms. The van der Waals surface area contributed by atoms with Crippen molar-refractivity contribution in [1.82, 2.24) is 9.62 Å². The van der Waals surface area contributed by atoms with E-state index in [1.165, 1.54) is 16.4 Å². The standard InChI is InChI=1S/C34H43N3O8S2/c35-20-25-7-9-26(10-8-25)27-3-1-6-32(17-27)47(42,43)37-15-13-33(14-16-37)19-28(22-45-33)36-21-29(39)23-44-30-4-2-5-31(18-30)46(40,41)34(24-38)11-12-34/h1-10,17-18,28-29,36,38-39H,11-16,19-24,35H2. The van der Waals surface area contributed by atoms with E-state index in [-0.39, 0.29) is 29.0 Å². The summed E-state index contributed by atoms with van der Waals surface area (Å²) in [6, 6.07) is 21.0. The summed E-state index contributed by atoms with van der Waals surface area (Å²) >= 11 is 0. The minimum absolute atomic E-state index is 0.00293. The van der Waals surface area contributed by atoms with E-state index in [0.717, 1.165) is 16.7 Å². The molecule has 3 fully saturated rings. The molecule has 5 N–H and O–H groups in total. The van der Waals surface area contributed by atoms with Crippen molar-refractivity contribution in [3.05, 3.63) is 78.4 Å². The third-order valence-electron chi connectivity index (χ3n) is 9.70. The van der Waals surface area contributed by atoms with Gasteiger partial charge in [0.05, 0.1) is 33.4 Å². The van der Waals surface area contributed by atoms with E-state index < -0.39 is 42.9 Å². The third kappa shape index (κ3) is 7.13. The Kier molecular flexibility index (Phi) is 9.81. The fourth-order valence-corrected chi connectivity index (χ4v) is 9.79. The molecule has 13 heteroatoms. The highest BCUT2D eigenvalue weighted by Crippen LogP contribution is 2.46. The summed E-state index contributed by atoms with van der Waals surface area (Å²) in [7, 11) is -7.35. The summed E-state index contributed by atoms with van der Waals surface area (Å²) in [5.74, 6) is 0.330. The Balaban J connectivity index is 0.974. The summed E-state index contributed by atoms with van der Waals surface area (Å²) < 4.78 is 65.3. The van der Waals surface area contributed by atoms with Crippen LogP contribution in [0.1, 0.15) is 37.7 Å². The van der Waals surface area contributed by atoms with Crippen LogP contribution in [-0.2, 0) is 31.1 Å². The molecular formula is C34H43N3O8S2. The van der Waals surface area contributed by atoms with Crippen molar-refractivity contribution in [1.29, 1.82) is 0 Å². The van der Waals surface area contributed by atoms with Gasteiger partial charge in [0.1, 0.15) is 18.5 Å². The lowest BCUT2D eigenvalue weighted by Crippen LogP contribution is -2.47. The van der Waals surface area contributed by atoms with Crippen LogP contribution in [0.15, 0.2) is 82.6 Å². The van der Waals surface area contributed by atoms with Crippen LogP contribution >= 0.6 is 0 Å². The average Bonchev–Trinajstić information content (AvgIpc) is 3.83. The van der Waals surface area contributed by atoms with Gasteiger partial charge in [-0.2, -0.15) is 4.31 Å². The number of hydrogen-bond donors (Lipinski definition) is 4. The second-order valence-corrected chi connectivity index (χ2v) is 17.2. The highest BCUT2D eigenvalue weighted by Gasteiger charge is 2.54. The molecule has 3 aliphatic rings. The molecule has 2 saturated heterocycles. The molecular weight excluding hydrogens is 643 g/mol. The monoisotopic (exact) mass is 685 g/mol. The lowest BCUT2D eigenvalue weighted by atomic mass is 9.88. The fraction of sp³-hybridized carbons (Fsp3) is 0.471. The lowest BCUT2D eigenvalue weighted by molar-refractivity contribution is -0.0312. The average molecular weight is 686 g/mol. The number of aliphatic hydroxyl groups is 2. The summed E-state index contributed by atoms with van der Waals surface area (Å²) in [5.41, 5.74) is 8.05. The number of aliphatic hydroxyl groups excluding tert-OH is 2. The van der Waals surface area contributed by atoms with Gasteiger partial charge in [-0.3, -0.25) is 0 Å². The highest BCUT2D eigenvalue weighted by molar-refractivity contribution is 7.93. The Morgan fingerprint density at radius 2 is 1.64 bits per heavy atom. The Hall–Kier alpha value is -2.88. The first-order chi connectivity index (χ1) is 22.5. The first kappa shape index (κ1) is 34.0. The SMILES string of the molecule is NCc1ccc(-c2cccc(S(=O)(=O)N3CCC4(CC3)CC(NCC(O)COc3cccc(S(=O)(=O)C5(CO)CC5)c3)CO4)c2)cc1. The van der Waals surface area contributed by atoms with Crippen molar-refractivity contribution in [2.75, 3.05) is 39.5 Å². The first-order valence-electron chi connectivity index (χ1n) is 16.0. The number of piperidine rings is 1. The molecule has 2 unspecified atom stereocenters. The van der Waals surface area contributed by atoms with Gasteiger partial charge in [-0.05, 0) is 79.1 Å². The van der Waals surface area contributed by atoms with Gasteiger partial charge in [0.25, 0.3) is 0 Å². The Morgan fingerprint density at radius 1 is 0.936 bits per heavy atom. The molecule has 1 aliphatic carbocycles. The quantitative estimate of drug-likeness (QED) is 0.210. The molecule has 1 spiro atoms. The fourth-order valence-electron chi connectivity index (χ4n) is 6.46. The van der Waals surface area contributed by atoms with E-state index in [1.54, 1.807) is 30.3 Å². The number of benzene rings is 3. The molecule has 3 aromatic rings. The zero-order chi connectivity index (χ0) is 33.3. The zero-order valence-electron chi connectivity index (χ0n) is 26.3. The van der Waals surface area contributed by atoms with Gasteiger partial charge in [-0.15, -0.1) is 0 Å². The topological polar surface area (TPSA) is 168 Å². The predicted molar refractivity (Wildman–Crippen MR) is 177 cm³/mol. The molecule has 1 saturated carbocycles. The predicted octanol–water partition coefficient (Wildman–Crippen LogP) is 2.45. The number of hydrogen-bond acceptors (Lipinski definition) is 10. The van der Waals surface area contributed by atoms with Crippen molar-refractivity contribution in [2.24, 2.45) is 5.73 Å². The Bertz CT molecular complexity index is 1770. The van der Waals surface area contributed by atoms with E-state index in [4.69, 9.17) is 15.2 Å². The van der Waals surface area contributed by atoms with Gasteiger partial charge < -0.3 is 30.7 Å². The van der Waals surface area contributed by atoms with Crippen molar-refractivity contribution in [3.63, 3.8) is 0 Å². The number of nitrogens with zero attached hydrogens (tertiary/aromatic N) is 1. The summed E-state index contributed by atoms with van der Waals surface area (Å²) in [6.07, 6.45) is 1.88. The van der Waals surface area contributed by atoms with Crippen molar-refractivity contribution in [2.45, 2.75) is 70.9 Å². The number of sulfone groups is 1. The van der Waals surface area contributed by atoms with Gasteiger partial charge in [0.2, 0.25) is 10.0 Å². The molecule has 11 nitrogen and oxygen atoms in total. The summed E-state index contributed by atoms with van der Waals surface area (Å²) in [4.78, 5) is 0.367. The maximum Gasteiger partial charge on any atom is 0.243 e. The van der Waals surface area contributed by atoms with Crippen LogP contribution in [0.2, 0.25) is 0 Å². The number of ether oxygens (including phenoxy) is 2. The van der Waals surface area contributed by atoms with Gasteiger partial charge in [0.15, 0.2) is 9.84 Å². The van der Waals surface area contributed by atoms with Crippen molar-refractivity contribution in [3.8, 4) is 16.9 Å². The molecule has 2 aliphatic heterocycles. The minimum atomic E-state index is -3.68. The van der Waals surface area contributed by atoms with E-state index in [0.29, 0.717) is 64.1 Å². The number of sulfonamides is 1. The summed E-state index contributed by atoms with van der Waals surface area (Å²) in [5, 5.41) is 23.5. The van der Waals surface area contributed by atoms with Crippen LogP contribution in [0.4, 0.5) is 0 Å². The van der Waals surface area contributed by atoms with Crippen molar-refractivity contribution >= 4 is 19.9 Å². The smallest absolute Gasteiger partial charge is 0.243 e. The third-order valence-corrected chi connectivity index (χ3v) is 14.2. The largest absolute Gasteiger partial charge is 0.491 e. The highest BCUT2D eigenvalue weighted by atomic mass is 32.2. The molecule has 6 rings (SSSR count). The number of rotatable bonds is 13. The summed E-state index contributed by atoms with van der Waals surface area (Å²) in [6.45, 7) is 1.43. The molecule has 47 heavy (non-hydrogen) atoms. The maximum atomic E-state index is 13.6. The zero-order valence-corrected chi connectivity index (χ0v) is 27.9. The number of nitrogens with one attached hydrogen (secondary N) is 1. The van der Waals surface area contributed by atoms with Crippen LogP contribution in [0.5, 0.6) is 5.75 Å². The van der Waals surface area contributed by atoms with E-state index in [1.807, 2.05) is 30.3 Å². The van der Waals surface area contributed by atoms with Gasteiger partial charge in [-0.25, -0.2) is 16.8 Å². The van der Waals surface area contributed by atoms with E-state index in [2.05, 4.69) is 5.32 Å². The van der Waals surface area contributed by atoms with Crippen molar-refractivity contribution < 1.29 is 36.5 Å². The number of nitrogens with two attached hydrogens (primary N) is 1. The van der Waals surface area contributed by atoms with Crippen LogP contribution in [-0.4, -0.2) is 93.3 Å². The second-order valence-electron chi connectivity index (χ2n) is 12.9. The van der Waals surface area contributed by atoms with Crippen LogP contribution in [0.3, 0.4) is 0 Å². The molecule has 254 valence electrons. The van der Waals surface area contributed by atoms with E-state index >= 15 is 0 Å². The molecule has 2 heterocycles. The molecule has 0 amide bonds. The molecule has 2 atom stereocenters. The van der Waals surface area contributed by atoms with Gasteiger partial charge >= 0.3 is 0 Å². The minimum Gasteiger partial charge on any atom is -0.491 e.